The van der Waals surface area contributed by atoms with Gasteiger partial charge in [-0.1, -0.05) is 109 Å². The Hall–Kier alpha value is -6.69. The Bertz CT molecular complexity index is 2360. The zero-order valence-corrected chi connectivity index (χ0v) is 48.0. The van der Waals surface area contributed by atoms with E-state index in [2.05, 4.69) is 44.1 Å². The first-order chi connectivity index (χ1) is 38.6. The van der Waals surface area contributed by atoms with Gasteiger partial charge < -0.3 is 59.5 Å². The normalized spacial score (nSPS) is 22.1. The molecule has 0 aliphatic carbocycles. The van der Waals surface area contributed by atoms with Gasteiger partial charge in [-0.15, -0.1) is 0 Å². The molecule has 3 rings (SSSR count). The Balaban J connectivity index is 2.15. The van der Waals surface area contributed by atoms with Gasteiger partial charge in [0.25, 0.3) is 5.69 Å². The quantitative estimate of drug-likeness (QED) is 0.0347. The maximum absolute atomic E-state index is 14.7. The summed E-state index contributed by atoms with van der Waals surface area (Å²) in [4.78, 5) is 139. The van der Waals surface area contributed by atoms with Crippen LogP contribution in [0.25, 0.3) is 0 Å². The van der Waals surface area contributed by atoms with Crippen molar-refractivity contribution in [3.8, 4) is 0 Å². The van der Waals surface area contributed by atoms with Gasteiger partial charge in [0.1, 0.15) is 24.2 Å². The minimum Gasteiger partial charge on any atom is -0.393 e. The van der Waals surface area contributed by atoms with Crippen molar-refractivity contribution in [1.29, 1.82) is 0 Å². The number of Topliss-reactive ketones (excluding diaryl/α,β-unsaturated/α-hetero) is 2. The van der Waals surface area contributed by atoms with Crippen molar-refractivity contribution in [2.45, 2.75) is 186 Å². The Morgan fingerprint density at radius 3 is 1.79 bits per heavy atom. The van der Waals surface area contributed by atoms with E-state index in [-0.39, 0.29) is 108 Å². The molecule has 0 aromatic heterocycles. The van der Waals surface area contributed by atoms with Crippen LogP contribution in [0, 0.1) is 33.8 Å². The zero-order valence-electron chi connectivity index (χ0n) is 48.0. The second-order valence-corrected chi connectivity index (χ2v) is 22.1. The van der Waals surface area contributed by atoms with E-state index < -0.39 is 118 Å². The van der Waals surface area contributed by atoms with Crippen molar-refractivity contribution < 1.29 is 53.2 Å². The molecular weight excluding hydrogens is 1040 g/mol. The summed E-state index contributed by atoms with van der Waals surface area (Å²) in [6.45, 7) is 9.00. The molecule has 14 N–H and O–H groups in total. The first kappa shape index (κ1) is 68.6. The summed E-state index contributed by atoms with van der Waals surface area (Å²) in [5.74, 6) is -8.92. The lowest BCUT2D eigenvalue weighted by Crippen LogP contribution is -2.59. The lowest BCUT2D eigenvalue weighted by atomic mass is 9.91. The molecule has 0 saturated carbocycles. The molecule has 23 heteroatoms. The predicted octanol–water partition coefficient (Wildman–Crippen LogP) is 2.21. The Labute approximate surface area is 476 Å². The summed E-state index contributed by atoms with van der Waals surface area (Å²) >= 11 is 0. The number of rotatable bonds is 27. The van der Waals surface area contributed by atoms with Gasteiger partial charge in [0.15, 0.2) is 11.6 Å². The third kappa shape index (κ3) is 25.3. The van der Waals surface area contributed by atoms with Crippen molar-refractivity contribution in [2.24, 2.45) is 40.9 Å². The SMILES string of the molecule is CCCCCCC[C@@H](O)CC(=O)N[C@H](Cc1ccc([N+](=O)[O-])cc1)C(=O)C[C@H]1CCNC(=O)[C@H](CC(C)C)NC(=O)[C@H](CCN)CC(=O)[C@H](CCN)NC(=O)[C@H](Cc2ccccc2)NC(=O)[C@@H](CC(C)C)NC(=O)[C@H](CCN)NC1=O. The van der Waals surface area contributed by atoms with Crippen LogP contribution in [0.5, 0.6) is 0 Å². The van der Waals surface area contributed by atoms with Crippen LogP contribution < -0.4 is 54.4 Å². The Kier molecular flexibility index (Phi) is 31.0. The number of benzene rings is 2. The largest absolute Gasteiger partial charge is 0.393 e. The van der Waals surface area contributed by atoms with E-state index in [1.54, 1.807) is 30.3 Å². The molecule has 81 heavy (non-hydrogen) atoms. The van der Waals surface area contributed by atoms with E-state index in [1.165, 1.54) is 24.3 Å². The van der Waals surface area contributed by atoms with E-state index in [0.717, 1.165) is 25.7 Å². The minimum atomic E-state index is -1.38. The molecule has 1 heterocycles. The van der Waals surface area contributed by atoms with Gasteiger partial charge in [-0.2, -0.15) is 0 Å². The average molecular weight is 1130 g/mol. The average Bonchev–Trinajstić information content (AvgIpc) is 3.41. The van der Waals surface area contributed by atoms with Crippen LogP contribution >= 0.6 is 0 Å². The number of aliphatic hydroxyl groups excluding tert-OH is 1. The number of nitro groups is 1. The Morgan fingerprint density at radius 1 is 0.654 bits per heavy atom. The van der Waals surface area contributed by atoms with Gasteiger partial charge in [-0.25, -0.2) is 0 Å². The number of nitro benzene ring substituents is 1. The highest BCUT2D eigenvalue weighted by molar-refractivity contribution is 5.98. The van der Waals surface area contributed by atoms with Crippen molar-refractivity contribution in [3.05, 3.63) is 75.8 Å². The number of non-ortho nitro benzene ring substituents is 1. The molecule has 1 aliphatic rings. The number of hydrogen-bond acceptors (Lipinski definition) is 15. The number of hydrogen-bond donors (Lipinski definition) is 11. The van der Waals surface area contributed by atoms with Crippen LogP contribution in [0.3, 0.4) is 0 Å². The van der Waals surface area contributed by atoms with E-state index in [1.807, 2.05) is 27.7 Å². The number of unbranched alkanes of at least 4 members (excludes halogenated alkanes) is 4. The van der Waals surface area contributed by atoms with Gasteiger partial charge >= 0.3 is 0 Å². The summed E-state index contributed by atoms with van der Waals surface area (Å²) in [5, 5.41) is 41.6. The number of nitrogens with one attached hydrogen (secondary N) is 7. The van der Waals surface area contributed by atoms with Crippen LogP contribution in [0.2, 0.25) is 0 Å². The van der Waals surface area contributed by atoms with Crippen LogP contribution in [-0.4, -0.2) is 131 Å². The van der Waals surface area contributed by atoms with Crippen molar-refractivity contribution in [3.63, 3.8) is 0 Å². The monoisotopic (exact) mass is 1130 g/mol. The minimum absolute atomic E-state index is 0.00649. The highest BCUT2D eigenvalue weighted by atomic mass is 16.6. The number of aliphatic hydroxyl groups is 1. The lowest BCUT2D eigenvalue weighted by Gasteiger charge is -2.28. The standard InChI is InChI=1S/C58H91N11O12/c1-6-7-8-9-13-16-43(70)35-52(73)63-46(31-39-17-19-42(20-18-39)69(80)81)51(72)34-41-24-28-62-55(76)47(29-36(2)3)66-53(74)40(21-25-59)33-50(71)44(22-26-60)64-58(79)49(32-38-14-11-10-12-15-38)68-57(78)48(30-37(4)5)67-56(77)45(23-27-61)65-54(41)75/h10-12,14-15,17-20,36-37,40-41,43-49,70H,6-9,13,16,21-35,59-61H2,1-5H3,(H,62,76)(H,63,73)(H,64,79)(H,65,75)(H,66,74)(H,67,77)(H,68,78)/t40-,41-,43-,44+,45+,46-,47+,48-,49+/m1/s1. The van der Waals surface area contributed by atoms with Crippen LogP contribution in [-0.2, 0) is 56.0 Å². The first-order valence-corrected chi connectivity index (χ1v) is 28.8. The highest BCUT2D eigenvalue weighted by Gasteiger charge is 2.36. The summed E-state index contributed by atoms with van der Waals surface area (Å²) in [6.07, 6.45) is 2.37. The highest BCUT2D eigenvalue weighted by Crippen LogP contribution is 2.20. The van der Waals surface area contributed by atoms with Crippen LogP contribution in [0.1, 0.15) is 142 Å². The molecule has 1 aliphatic heterocycles. The molecule has 9 atom stereocenters. The first-order valence-electron chi connectivity index (χ1n) is 28.8. The number of carbonyl (C=O) groups excluding carboxylic acids is 9. The van der Waals surface area contributed by atoms with Crippen molar-refractivity contribution in [2.75, 3.05) is 26.2 Å². The Morgan fingerprint density at radius 2 is 1.19 bits per heavy atom. The zero-order chi connectivity index (χ0) is 60.0. The number of ketones is 2. The molecule has 7 amide bonds. The van der Waals surface area contributed by atoms with E-state index >= 15 is 0 Å². The second kappa shape index (κ2) is 36.6. The number of carbonyl (C=O) groups is 9. The van der Waals surface area contributed by atoms with Crippen LogP contribution in [0.15, 0.2) is 54.6 Å². The third-order valence-corrected chi connectivity index (χ3v) is 14.2. The third-order valence-electron chi connectivity index (χ3n) is 14.2. The van der Waals surface area contributed by atoms with Crippen molar-refractivity contribution >= 4 is 58.6 Å². The van der Waals surface area contributed by atoms with Gasteiger partial charge in [-0.05, 0) is 94.0 Å². The number of amides is 7. The smallest absolute Gasteiger partial charge is 0.269 e. The van der Waals surface area contributed by atoms with Gasteiger partial charge in [0.2, 0.25) is 41.4 Å². The molecule has 0 bridgehead atoms. The summed E-state index contributed by atoms with van der Waals surface area (Å²) < 4.78 is 0. The fourth-order valence-electron chi connectivity index (χ4n) is 9.68. The molecule has 1 saturated heterocycles. The van der Waals surface area contributed by atoms with Crippen LogP contribution in [0.4, 0.5) is 5.69 Å². The fourth-order valence-corrected chi connectivity index (χ4v) is 9.68. The summed E-state index contributed by atoms with van der Waals surface area (Å²) in [7, 11) is 0. The molecular formula is C58H91N11O12. The van der Waals surface area contributed by atoms with Gasteiger partial charge in [0, 0.05) is 49.8 Å². The predicted molar refractivity (Wildman–Crippen MR) is 306 cm³/mol. The number of nitrogens with two attached hydrogens (primary N) is 3. The summed E-state index contributed by atoms with van der Waals surface area (Å²) in [5.41, 5.74) is 18.8. The topological polar surface area (TPSA) is 379 Å². The molecule has 1 fully saturated rings. The molecule has 0 spiro atoms. The summed E-state index contributed by atoms with van der Waals surface area (Å²) in [6, 6.07) is 6.57. The fraction of sp³-hybridized carbons (Fsp3) is 0.638. The van der Waals surface area contributed by atoms with E-state index in [9.17, 15) is 58.4 Å². The van der Waals surface area contributed by atoms with Gasteiger partial charge in [0.05, 0.1) is 29.5 Å². The molecule has 2 aromatic carbocycles. The number of nitrogens with zero attached hydrogens (tertiary/aromatic N) is 1. The molecule has 2 aromatic rings. The molecule has 23 nitrogen and oxygen atoms in total. The maximum atomic E-state index is 14.7. The van der Waals surface area contributed by atoms with E-state index in [0.29, 0.717) is 24.0 Å². The second-order valence-electron chi connectivity index (χ2n) is 22.1. The molecule has 0 unspecified atom stereocenters. The van der Waals surface area contributed by atoms with E-state index in [4.69, 9.17) is 17.2 Å². The maximum Gasteiger partial charge on any atom is 0.269 e. The van der Waals surface area contributed by atoms with Crippen molar-refractivity contribution in [1.82, 2.24) is 37.2 Å². The van der Waals surface area contributed by atoms with Gasteiger partial charge in [-0.3, -0.25) is 53.3 Å². The molecule has 0 radical (unpaired) electrons. The molecule has 450 valence electrons. The lowest BCUT2D eigenvalue weighted by molar-refractivity contribution is -0.384.